The number of carbonyl (C=O) groups is 1. The van der Waals surface area contributed by atoms with Gasteiger partial charge in [0.15, 0.2) is 5.72 Å². The summed E-state index contributed by atoms with van der Waals surface area (Å²) in [7, 11) is 0. The first-order chi connectivity index (χ1) is 16.6. The molecular formula is C29H51NO6. The molecule has 9 atom stereocenters. The number of carboxylic acid groups (broad SMARTS) is 1. The van der Waals surface area contributed by atoms with Gasteiger partial charge in [0, 0.05) is 23.7 Å². The van der Waals surface area contributed by atoms with Crippen LogP contribution >= 0.6 is 0 Å². The third-order valence-electron chi connectivity index (χ3n) is 6.95. The van der Waals surface area contributed by atoms with Crippen molar-refractivity contribution in [3.63, 3.8) is 0 Å². The molecule has 0 saturated carbocycles. The van der Waals surface area contributed by atoms with Crippen molar-refractivity contribution in [1.29, 1.82) is 0 Å². The maximum atomic E-state index is 11.4. The number of hydrogen-bond donors (Lipinski definition) is 6. The molecule has 0 saturated heterocycles. The van der Waals surface area contributed by atoms with E-state index in [4.69, 9.17) is 0 Å². The largest absolute Gasteiger partial charge is 0.465 e. The second-order valence-electron chi connectivity index (χ2n) is 10.9. The molecule has 0 spiro atoms. The Kier molecular flexibility index (Phi) is 15.2. The van der Waals surface area contributed by atoms with E-state index in [1.165, 1.54) is 6.08 Å². The van der Waals surface area contributed by atoms with Crippen LogP contribution in [0.3, 0.4) is 0 Å². The van der Waals surface area contributed by atoms with Crippen LogP contribution < -0.4 is 5.32 Å². The third kappa shape index (κ3) is 11.4. The Morgan fingerprint density at radius 3 is 2.03 bits per heavy atom. The molecule has 7 heteroatoms. The van der Waals surface area contributed by atoms with E-state index in [0.29, 0.717) is 18.8 Å². The molecule has 0 bridgehead atoms. The lowest BCUT2D eigenvalue weighted by molar-refractivity contribution is -0.116. The van der Waals surface area contributed by atoms with Crippen molar-refractivity contribution in [3.05, 3.63) is 48.6 Å². The van der Waals surface area contributed by atoms with Gasteiger partial charge >= 0.3 is 6.09 Å². The Hall–Kier alpha value is -1.93. The van der Waals surface area contributed by atoms with E-state index < -0.39 is 42.0 Å². The number of aliphatic hydroxyl groups is 4. The molecule has 0 rings (SSSR count). The maximum absolute atomic E-state index is 11.4. The topological polar surface area (TPSA) is 130 Å². The number of nitrogens with one attached hydrogen (secondary N) is 1. The van der Waals surface area contributed by atoms with Crippen LogP contribution in [-0.2, 0) is 0 Å². The van der Waals surface area contributed by atoms with Crippen molar-refractivity contribution >= 4 is 6.09 Å². The van der Waals surface area contributed by atoms with Crippen molar-refractivity contribution in [1.82, 2.24) is 5.32 Å². The molecule has 0 aromatic heterocycles. The zero-order valence-electron chi connectivity index (χ0n) is 23.4. The fourth-order valence-electron chi connectivity index (χ4n) is 4.66. The van der Waals surface area contributed by atoms with Gasteiger partial charge in [-0.05, 0) is 31.6 Å². The lowest BCUT2D eigenvalue weighted by atomic mass is 9.77. The summed E-state index contributed by atoms with van der Waals surface area (Å²) in [5.74, 6) is -1.59. The Morgan fingerprint density at radius 2 is 1.53 bits per heavy atom. The second-order valence-corrected chi connectivity index (χ2v) is 10.9. The van der Waals surface area contributed by atoms with Crippen LogP contribution in [0, 0.1) is 35.5 Å². The lowest BCUT2D eigenvalue weighted by Gasteiger charge is -2.41. The lowest BCUT2D eigenvalue weighted by Crippen LogP contribution is -2.60. The highest BCUT2D eigenvalue weighted by atomic mass is 16.4. The number of aliphatic hydroxyl groups excluding tert-OH is 3. The molecule has 36 heavy (non-hydrogen) atoms. The van der Waals surface area contributed by atoms with Gasteiger partial charge in [-0.3, -0.25) is 5.32 Å². The summed E-state index contributed by atoms with van der Waals surface area (Å²) < 4.78 is 0. The smallest absolute Gasteiger partial charge is 0.406 e. The first-order valence-corrected chi connectivity index (χ1v) is 13.0. The minimum absolute atomic E-state index is 0.142. The second kappa shape index (κ2) is 16.0. The highest BCUT2D eigenvalue weighted by Crippen LogP contribution is 2.32. The Morgan fingerprint density at radius 1 is 0.944 bits per heavy atom. The molecule has 0 aromatic rings. The molecule has 0 heterocycles. The minimum Gasteiger partial charge on any atom is -0.465 e. The fourth-order valence-corrected chi connectivity index (χ4v) is 4.66. The van der Waals surface area contributed by atoms with Gasteiger partial charge in [-0.25, -0.2) is 4.79 Å². The van der Waals surface area contributed by atoms with Crippen LogP contribution in [0.5, 0.6) is 0 Å². The van der Waals surface area contributed by atoms with E-state index in [9.17, 15) is 30.3 Å². The number of hydrogen-bond acceptors (Lipinski definition) is 5. The van der Waals surface area contributed by atoms with Crippen LogP contribution in [0.2, 0.25) is 0 Å². The van der Waals surface area contributed by atoms with Crippen LogP contribution in [-0.4, -0.2) is 55.7 Å². The van der Waals surface area contributed by atoms with E-state index in [-0.39, 0.29) is 17.8 Å². The average Bonchev–Trinajstić information content (AvgIpc) is 2.77. The molecule has 6 N–H and O–H groups in total. The molecule has 0 aliphatic carbocycles. The Balaban J connectivity index is 5.35. The van der Waals surface area contributed by atoms with Crippen molar-refractivity contribution < 1.29 is 30.3 Å². The van der Waals surface area contributed by atoms with Crippen LogP contribution in [0.15, 0.2) is 48.6 Å². The molecule has 0 aliphatic rings. The summed E-state index contributed by atoms with van der Waals surface area (Å²) >= 11 is 0. The van der Waals surface area contributed by atoms with Gasteiger partial charge in [0.2, 0.25) is 0 Å². The van der Waals surface area contributed by atoms with Gasteiger partial charge in [0.1, 0.15) is 0 Å². The monoisotopic (exact) mass is 509 g/mol. The van der Waals surface area contributed by atoms with Crippen LogP contribution in [0.1, 0.15) is 68.2 Å². The standard InChI is InChI=1S/C29H51NO6/c1-10-11-12-23(8)29(36,30-28(34)35)24(9)27(33)22(7)17-19(4)16-21(6)26(32)20(5)13-14-25(31)15-18(2)3/h10-14,16,18,20-27,30-33,36H,1,15,17H2,2-9H3,(H,34,35)/b12-11-,14-13-,19-16-/t20-,21-,22-,23?,24?,25+,26-,27?,29?/m0/s1. The van der Waals surface area contributed by atoms with Crippen molar-refractivity contribution in [2.24, 2.45) is 35.5 Å². The summed E-state index contributed by atoms with van der Waals surface area (Å²) in [4.78, 5) is 11.4. The molecule has 0 fully saturated rings. The summed E-state index contributed by atoms with van der Waals surface area (Å²) in [5.41, 5.74) is -0.896. The molecule has 208 valence electrons. The summed E-state index contributed by atoms with van der Waals surface area (Å²) in [6, 6.07) is 0. The first kappa shape index (κ1) is 34.1. The van der Waals surface area contributed by atoms with Crippen molar-refractivity contribution in [2.45, 2.75) is 92.3 Å². The Labute approximate surface area is 218 Å². The molecule has 4 unspecified atom stereocenters. The van der Waals surface area contributed by atoms with E-state index in [2.05, 4.69) is 11.9 Å². The number of rotatable bonds is 16. The van der Waals surface area contributed by atoms with E-state index in [0.717, 1.165) is 5.57 Å². The Bertz CT molecular complexity index is 761. The highest BCUT2D eigenvalue weighted by molar-refractivity contribution is 5.65. The maximum Gasteiger partial charge on any atom is 0.406 e. The average molecular weight is 510 g/mol. The zero-order valence-corrected chi connectivity index (χ0v) is 23.4. The van der Waals surface area contributed by atoms with Crippen LogP contribution in [0.4, 0.5) is 4.79 Å². The van der Waals surface area contributed by atoms with Gasteiger partial charge in [-0.2, -0.15) is 0 Å². The van der Waals surface area contributed by atoms with Gasteiger partial charge in [-0.15, -0.1) is 0 Å². The van der Waals surface area contributed by atoms with Gasteiger partial charge in [0.25, 0.3) is 0 Å². The highest BCUT2D eigenvalue weighted by Gasteiger charge is 2.44. The molecular weight excluding hydrogens is 458 g/mol. The van der Waals surface area contributed by atoms with Gasteiger partial charge in [0.05, 0.1) is 18.3 Å². The third-order valence-corrected chi connectivity index (χ3v) is 6.95. The molecule has 0 aromatic carbocycles. The zero-order chi connectivity index (χ0) is 28.2. The molecule has 1 amide bonds. The van der Waals surface area contributed by atoms with E-state index in [1.807, 2.05) is 53.7 Å². The quantitative estimate of drug-likeness (QED) is 0.0998. The number of allylic oxidation sites excluding steroid dienone is 3. The summed E-state index contributed by atoms with van der Waals surface area (Å²) in [5, 5.41) is 54.5. The molecule has 7 nitrogen and oxygen atoms in total. The van der Waals surface area contributed by atoms with Crippen molar-refractivity contribution in [3.8, 4) is 0 Å². The van der Waals surface area contributed by atoms with Crippen LogP contribution in [0.25, 0.3) is 0 Å². The SMILES string of the molecule is C=C/C=C\C(C)C(O)(NC(=O)O)C(C)C(O)[C@@H](C)C/C(C)=C\[C@H](C)[C@@H](O)[C@@H](C)/C=C\[C@@H](O)CC(C)C. The predicted molar refractivity (Wildman–Crippen MR) is 146 cm³/mol. The summed E-state index contributed by atoms with van der Waals surface area (Å²) in [6.45, 7) is 18.6. The van der Waals surface area contributed by atoms with Gasteiger partial charge < -0.3 is 25.5 Å². The number of amides is 1. The first-order valence-electron chi connectivity index (χ1n) is 13.0. The fraction of sp³-hybridized carbons (Fsp3) is 0.690. The molecule has 0 aliphatic heterocycles. The minimum atomic E-state index is -1.87. The predicted octanol–water partition coefficient (Wildman–Crippen LogP) is 4.89. The van der Waals surface area contributed by atoms with E-state index >= 15 is 0 Å². The molecule has 0 radical (unpaired) electrons. The van der Waals surface area contributed by atoms with Crippen molar-refractivity contribution in [2.75, 3.05) is 0 Å². The van der Waals surface area contributed by atoms with Gasteiger partial charge in [-0.1, -0.05) is 97.1 Å². The van der Waals surface area contributed by atoms with E-state index in [1.54, 1.807) is 32.1 Å². The normalized spacial score (nSPS) is 21.4. The summed E-state index contributed by atoms with van der Waals surface area (Å²) in [6.07, 6.45) is 8.04.